The van der Waals surface area contributed by atoms with E-state index in [2.05, 4.69) is 5.73 Å². The van der Waals surface area contributed by atoms with E-state index in [1.54, 1.807) is 31.2 Å². The maximum Gasteiger partial charge on any atom is 0.402 e. The molecule has 1 aromatic rings. The smallest absolute Gasteiger partial charge is 0.402 e. The number of sulfone groups is 1. The third kappa shape index (κ3) is 5.65. The van der Waals surface area contributed by atoms with Gasteiger partial charge in [-0.25, -0.2) is 13.2 Å². The number of carbonyl (C=O) groups is 1. The molecule has 0 aliphatic carbocycles. The van der Waals surface area contributed by atoms with Gasteiger partial charge in [0, 0.05) is 6.04 Å². The molecular formula is C11H18N2O4S. The van der Waals surface area contributed by atoms with Gasteiger partial charge in [0.15, 0.2) is 9.84 Å². The highest BCUT2D eigenvalue weighted by atomic mass is 32.2. The van der Waals surface area contributed by atoms with Gasteiger partial charge in [-0.2, -0.15) is 0 Å². The molecule has 0 aliphatic rings. The predicted octanol–water partition coefficient (Wildman–Crippen LogP) is 1.12. The van der Waals surface area contributed by atoms with Crippen molar-refractivity contribution in [2.45, 2.75) is 24.8 Å². The van der Waals surface area contributed by atoms with E-state index in [1.165, 1.54) is 0 Å². The molecule has 0 fully saturated rings. The summed E-state index contributed by atoms with van der Waals surface area (Å²) < 4.78 is 22.9. The highest BCUT2D eigenvalue weighted by Gasteiger charge is 2.11. The molecule has 0 heterocycles. The normalized spacial score (nSPS) is 12.2. The van der Waals surface area contributed by atoms with Crippen LogP contribution in [0.1, 0.15) is 25.5 Å². The van der Waals surface area contributed by atoms with Gasteiger partial charge >= 0.3 is 6.09 Å². The molecule has 0 radical (unpaired) electrons. The summed E-state index contributed by atoms with van der Waals surface area (Å²) in [5.74, 6) is 0.129. The molecule has 102 valence electrons. The number of nitrogens with two attached hydrogens (primary N) is 2. The average molecular weight is 274 g/mol. The summed E-state index contributed by atoms with van der Waals surface area (Å²) in [6, 6.07) is 6.67. The van der Waals surface area contributed by atoms with Crippen LogP contribution in [-0.4, -0.2) is 25.4 Å². The van der Waals surface area contributed by atoms with E-state index >= 15 is 0 Å². The summed E-state index contributed by atoms with van der Waals surface area (Å²) in [5.41, 5.74) is 10.6. The molecule has 0 aromatic heterocycles. The second-order valence-corrected chi connectivity index (χ2v) is 5.88. The van der Waals surface area contributed by atoms with E-state index < -0.39 is 15.9 Å². The van der Waals surface area contributed by atoms with Crippen LogP contribution in [0.3, 0.4) is 0 Å². The number of rotatable bonds is 3. The van der Waals surface area contributed by atoms with E-state index in [9.17, 15) is 8.42 Å². The minimum atomic E-state index is -3.08. The lowest BCUT2D eigenvalue weighted by Crippen LogP contribution is -2.07. The van der Waals surface area contributed by atoms with Gasteiger partial charge in [0.2, 0.25) is 0 Å². The maximum absolute atomic E-state index is 11.5. The van der Waals surface area contributed by atoms with Crippen LogP contribution in [0.15, 0.2) is 29.2 Å². The van der Waals surface area contributed by atoms with Crippen molar-refractivity contribution < 1.29 is 18.3 Å². The molecule has 0 spiro atoms. The standard InChI is InChI=1S/C10H15NO2S.CH3NO2/c1-3-14(12,13)10-6-4-9(5-7-10)8(2)11;2-1(3)4/h4-8H,3,11H2,1-2H3;2H2,(H,3,4). The Balaban J connectivity index is 0.000000631. The van der Waals surface area contributed by atoms with E-state index in [0.717, 1.165) is 5.56 Å². The summed E-state index contributed by atoms with van der Waals surface area (Å²) in [5, 5.41) is 7.19. The zero-order valence-corrected chi connectivity index (χ0v) is 11.1. The summed E-state index contributed by atoms with van der Waals surface area (Å²) in [6.07, 6.45) is -1.33. The van der Waals surface area contributed by atoms with Gasteiger partial charge in [-0.3, -0.25) is 0 Å². The monoisotopic (exact) mass is 274 g/mol. The lowest BCUT2D eigenvalue weighted by Gasteiger charge is -2.06. The minimum Gasteiger partial charge on any atom is -0.465 e. The fourth-order valence-electron chi connectivity index (χ4n) is 1.15. The summed E-state index contributed by atoms with van der Waals surface area (Å²) in [6.45, 7) is 3.50. The summed E-state index contributed by atoms with van der Waals surface area (Å²) >= 11 is 0. The molecule has 6 nitrogen and oxygen atoms in total. The first-order chi connectivity index (χ1) is 8.20. The largest absolute Gasteiger partial charge is 0.465 e. The Kier molecular flexibility index (Phi) is 6.35. The van der Waals surface area contributed by atoms with Gasteiger partial charge in [-0.1, -0.05) is 19.1 Å². The van der Waals surface area contributed by atoms with Crippen LogP contribution in [0.25, 0.3) is 0 Å². The molecule has 18 heavy (non-hydrogen) atoms. The Morgan fingerprint density at radius 1 is 1.33 bits per heavy atom. The van der Waals surface area contributed by atoms with Crippen molar-refractivity contribution in [1.29, 1.82) is 0 Å². The van der Waals surface area contributed by atoms with Crippen molar-refractivity contribution in [3.05, 3.63) is 29.8 Å². The zero-order chi connectivity index (χ0) is 14.3. The van der Waals surface area contributed by atoms with Crippen molar-refractivity contribution in [3.8, 4) is 0 Å². The maximum atomic E-state index is 11.5. The van der Waals surface area contributed by atoms with Gasteiger partial charge in [0.25, 0.3) is 0 Å². The van der Waals surface area contributed by atoms with Crippen molar-refractivity contribution in [3.63, 3.8) is 0 Å². The topological polar surface area (TPSA) is 123 Å². The van der Waals surface area contributed by atoms with E-state index in [4.69, 9.17) is 15.6 Å². The Hall–Kier alpha value is -1.60. The van der Waals surface area contributed by atoms with Crippen molar-refractivity contribution in [2.75, 3.05) is 5.75 Å². The molecule has 0 saturated heterocycles. The Labute approximate surface area is 107 Å². The highest BCUT2D eigenvalue weighted by Crippen LogP contribution is 2.15. The number of amides is 1. The van der Waals surface area contributed by atoms with Crippen LogP contribution in [0.4, 0.5) is 4.79 Å². The van der Waals surface area contributed by atoms with Crippen molar-refractivity contribution >= 4 is 15.9 Å². The average Bonchev–Trinajstić information content (AvgIpc) is 2.28. The van der Waals surface area contributed by atoms with E-state index in [0.29, 0.717) is 4.90 Å². The summed E-state index contributed by atoms with van der Waals surface area (Å²) in [4.78, 5) is 9.14. The molecule has 1 amide bonds. The Bertz CT molecular complexity index is 476. The van der Waals surface area contributed by atoms with Crippen LogP contribution >= 0.6 is 0 Å². The minimum absolute atomic E-state index is 0.0617. The van der Waals surface area contributed by atoms with E-state index in [1.807, 2.05) is 6.92 Å². The van der Waals surface area contributed by atoms with Gasteiger partial charge in [0.05, 0.1) is 10.6 Å². The number of hydrogen-bond acceptors (Lipinski definition) is 4. The summed E-state index contributed by atoms with van der Waals surface area (Å²) in [7, 11) is -3.08. The highest BCUT2D eigenvalue weighted by molar-refractivity contribution is 7.91. The first-order valence-electron chi connectivity index (χ1n) is 5.27. The lowest BCUT2D eigenvalue weighted by molar-refractivity contribution is 0.205. The second-order valence-electron chi connectivity index (χ2n) is 3.60. The molecule has 1 atom stereocenters. The molecule has 5 N–H and O–H groups in total. The van der Waals surface area contributed by atoms with Crippen molar-refractivity contribution in [2.24, 2.45) is 11.5 Å². The quantitative estimate of drug-likeness (QED) is 0.762. The number of benzene rings is 1. The van der Waals surface area contributed by atoms with Crippen molar-refractivity contribution in [1.82, 2.24) is 0 Å². The van der Waals surface area contributed by atoms with Gasteiger partial charge < -0.3 is 16.6 Å². The Morgan fingerprint density at radius 2 is 1.72 bits per heavy atom. The number of hydrogen-bond donors (Lipinski definition) is 3. The molecule has 7 heteroatoms. The first kappa shape index (κ1) is 16.4. The predicted molar refractivity (Wildman–Crippen MR) is 69.0 cm³/mol. The first-order valence-corrected chi connectivity index (χ1v) is 6.92. The van der Waals surface area contributed by atoms with Gasteiger partial charge in [0.1, 0.15) is 0 Å². The third-order valence-corrected chi connectivity index (χ3v) is 3.90. The molecule has 1 aromatic carbocycles. The van der Waals surface area contributed by atoms with Gasteiger partial charge in [-0.05, 0) is 24.6 Å². The Morgan fingerprint density at radius 3 is 2.00 bits per heavy atom. The number of primary amides is 1. The fraction of sp³-hybridized carbons (Fsp3) is 0.364. The lowest BCUT2D eigenvalue weighted by atomic mass is 10.1. The van der Waals surface area contributed by atoms with Crippen LogP contribution in [0, 0.1) is 0 Å². The zero-order valence-electron chi connectivity index (χ0n) is 10.3. The third-order valence-electron chi connectivity index (χ3n) is 2.15. The van der Waals surface area contributed by atoms with Crippen LogP contribution in [-0.2, 0) is 9.84 Å². The fourth-order valence-corrected chi connectivity index (χ4v) is 2.03. The van der Waals surface area contributed by atoms with Crippen LogP contribution in [0.2, 0.25) is 0 Å². The SMILES string of the molecule is CCS(=O)(=O)c1ccc(C(C)N)cc1.NC(=O)O. The van der Waals surface area contributed by atoms with Gasteiger partial charge in [-0.15, -0.1) is 0 Å². The molecule has 0 bridgehead atoms. The van der Waals surface area contributed by atoms with Crippen LogP contribution < -0.4 is 11.5 Å². The molecule has 1 unspecified atom stereocenters. The molecule has 0 aliphatic heterocycles. The number of carboxylic acid groups (broad SMARTS) is 1. The van der Waals surface area contributed by atoms with E-state index in [-0.39, 0.29) is 11.8 Å². The molecular weight excluding hydrogens is 256 g/mol. The molecule has 0 saturated carbocycles. The molecule has 1 rings (SSSR count). The van der Waals surface area contributed by atoms with Crippen LogP contribution in [0.5, 0.6) is 0 Å². The second kappa shape index (κ2) is 6.97.